The summed E-state index contributed by atoms with van der Waals surface area (Å²) in [6.45, 7) is 13.8. The van der Waals surface area contributed by atoms with Crippen LogP contribution in [0.2, 0.25) is 0 Å². The summed E-state index contributed by atoms with van der Waals surface area (Å²) in [5, 5.41) is 0. The first-order chi connectivity index (χ1) is 20.3. The first-order valence-corrected chi connectivity index (χ1v) is 17.8. The van der Waals surface area contributed by atoms with Crippen molar-refractivity contribution >= 4 is 5.97 Å². The molecular weight excluding hydrogens is 512 g/mol. The van der Waals surface area contributed by atoms with Crippen LogP contribution in [0.1, 0.15) is 176 Å². The van der Waals surface area contributed by atoms with Crippen LogP contribution >= 0.6 is 0 Å². The molecule has 0 saturated carbocycles. The van der Waals surface area contributed by atoms with Gasteiger partial charge in [0.1, 0.15) is 6.61 Å². The first-order valence-electron chi connectivity index (χ1n) is 17.8. The molecule has 1 aliphatic carbocycles. The van der Waals surface area contributed by atoms with Crippen molar-refractivity contribution in [2.75, 3.05) is 6.61 Å². The number of carbonyl (C=O) groups excluding carboxylic acids is 1. The third-order valence-electron chi connectivity index (χ3n) is 8.91. The van der Waals surface area contributed by atoms with Crippen molar-refractivity contribution in [1.82, 2.24) is 0 Å². The van der Waals surface area contributed by atoms with Crippen LogP contribution in [-0.2, 0) is 9.53 Å². The summed E-state index contributed by atoms with van der Waals surface area (Å²) in [6, 6.07) is 0. The summed E-state index contributed by atoms with van der Waals surface area (Å²) < 4.78 is 5.42. The van der Waals surface area contributed by atoms with Crippen LogP contribution in [0.5, 0.6) is 0 Å². The fourth-order valence-electron chi connectivity index (χ4n) is 6.03. The molecule has 42 heavy (non-hydrogen) atoms. The monoisotopic (exact) mass is 581 g/mol. The zero-order chi connectivity index (χ0) is 30.9. The van der Waals surface area contributed by atoms with Crippen LogP contribution in [0, 0.1) is 5.41 Å². The molecule has 0 saturated heterocycles. The van der Waals surface area contributed by atoms with Gasteiger partial charge in [-0.25, -0.2) is 0 Å². The maximum atomic E-state index is 12.1. The van der Waals surface area contributed by atoms with Crippen molar-refractivity contribution in [2.45, 2.75) is 176 Å². The van der Waals surface area contributed by atoms with Crippen molar-refractivity contribution in [3.8, 4) is 0 Å². The van der Waals surface area contributed by atoms with Gasteiger partial charge in [0.15, 0.2) is 0 Å². The van der Waals surface area contributed by atoms with E-state index in [0.717, 1.165) is 18.4 Å². The molecule has 0 unspecified atom stereocenters. The van der Waals surface area contributed by atoms with Crippen molar-refractivity contribution in [3.05, 3.63) is 58.7 Å². The number of carbonyl (C=O) groups is 1. The van der Waals surface area contributed by atoms with Gasteiger partial charge >= 0.3 is 5.97 Å². The van der Waals surface area contributed by atoms with E-state index < -0.39 is 0 Å². The normalized spacial score (nSPS) is 16.2. The number of unbranched alkanes of at least 4 members (excludes halogenated alkanes) is 16. The largest absolute Gasteiger partial charge is 0.461 e. The molecule has 0 aromatic heterocycles. The Kier molecular flexibility index (Phi) is 22.4. The molecule has 0 spiro atoms. The van der Waals surface area contributed by atoms with Crippen molar-refractivity contribution in [2.24, 2.45) is 5.41 Å². The highest BCUT2D eigenvalue weighted by molar-refractivity contribution is 5.69. The molecule has 0 N–H and O–H groups in total. The van der Waals surface area contributed by atoms with E-state index in [1.165, 1.54) is 132 Å². The summed E-state index contributed by atoms with van der Waals surface area (Å²) in [6.07, 6.45) is 40.2. The smallest absolute Gasteiger partial charge is 0.306 e. The van der Waals surface area contributed by atoms with Crippen molar-refractivity contribution < 1.29 is 9.53 Å². The van der Waals surface area contributed by atoms with Gasteiger partial charge in [0, 0.05) is 6.42 Å². The van der Waals surface area contributed by atoms with Gasteiger partial charge in [-0.2, -0.15) is 0 Å². The Morgan fingerprint density at radius 1 is 0.762 bits per heavy atom. The van der Waals surface area contributed by atoms with Gasteiger partial charge in [0.2, 0.25) is 0 Å². The lowest BCUT2D eigenvalue weighted by Crippen LogP contribution is -2.19. The lowest BCUT2D eigenvalue weighted by Gasteiger charge is -2.32. The molecule has 2 nitrogen and oxygen atoms in total. The molecule has 0 heterocycles. The Hall–Kier alpha value is -1.83. The van der Waals surface area contributed by atoms with Gasteiger partial charge in [-0.1, -0.05) is 171 Å². The van der Waals surface area contributed by atoms with Crippen molar-refractivity contribution in [3.63, 3.8) is 0 Å². The van der Waals surface area contributed by atoms with Gasteiger partial charge in [0.05, 0.1) is 0 Å². The van der Waals surface area contributed by atoms with E-state index in [4.69, 9.17) is 4.74 Å². The molecule has 0 fully saturated rings. The summed E-state index contributed by atoms with van der Waals surface area (Å²) in [7, 11) is 0. The second-order valence-electron chi connectivity index (χ2n) is 13.6. The Morgan fingerprint density at radius 3 is 1.81 bits per heavy atom. The molecule has 0 aromatic rings. The molecule has 0 amide bonds. The molecule has 0 aromatic carbocycles. The average Bonchev–Trinajstić information content (AvgIpc) is 2.94. The summed E-state index contributed by atoms with van der Waals surface area (Å²) in [4.78, 5) is 12.1. The van der Waals surface area contributed by atoms with Crippen LogP contribution in [-0.4, -0.2) is 12.6 Å². The number of ether oxygens (including phenoxy) is 1. The van der Waals surface area contributed by atoms with Crippen LogP contribution in [0.3, 0.4) is 0 Å². The second-order valence-corrected chi connectivity index (χ2v) is 13.6. The van der Waals surface area contributed by atoms with Crippen LogP contribution in [0.25, 0.3) is 0 Å². The third kappa shape index (κ3) is 20.1. The lowest BCUT2D eigenvalue weighted by atomic mass is 9.72. The average molecular weight is 581 g/mol. The summed E-state index contributed by atoms with van der Waals surface area (Å²) in [5.41, 5.74) is 5.65. The molecule has 1 aliphatic rings. The topological polar surface area (TPSA) is 26.3 Å². The van der Waals surface area contributed by atoms with Gasteiger partial charge < -0.3 is 4.74 Å². The molecule has 0 aliphatic heterocycles. The fraction of sp³-hybridized carbons (Fsp3) is 0.725. The predicted octanol–water partition coefficient (Wildman–Crippen LogP) is 13.1. The zero-order valence-electron chi connectivity index (χ0n) is 28.8. The fourth-order valence-corrected chi connectivity index (χ4v) is 6.03. The van der Waals surface area contributed by atoms with Gasteiger partial charge in [-0.15, -0.1) is 0 Å². The molecule has 1 rings (SSSR count). The standard InChI is InChI=1S/C40H68O2/c1-7-8-9-10-11-12-13-14-15-16-17-18-19-20-21-22-23-29-39(41)42-34-32-36(3)27-24-26-35(2)30-31-38-37(4)28-25-33-40(38,5)6/h24,26-27,30-32H,7-23,25,28-29,33-34H2,1-6H3/b27-24+,31-30+,35-26+,36-32+. The minimum atomic E-state index is -0.0694. The highest BCUT2D eigenvalue weighted by atomic mass is 16.5. The summed E-state index contributed by atoms with van der Waals surface area (Å²) >= 11 is 0. The molecule has 0 atom stereocenters. The minimum absolute atomic E-state index is 0.0694. The predicted molar refractivity (Wildman–Crippen MR) is 186 cm³/mol. The van der Waals surface area contributed by atoms with E-state index in [9.17, 15) is 4.79 Å². The van der Waals surface area contributed by atoms with Crippen LogP contribution in [0.15, 0.2) is 58.7 Å². The Labute approximate surface area is 262 Å². The van der Waals surface area contributed by atoms with Gasteiger partial charge in [0.25, 0.3) is 0 Å². The highest BCUT2D eigenvalue weighted by Gasteiger charge is 2.26. The second kappa shape index (κ2) is 24.6. The highest BCUT2D eigenvalue weighted by Crippen LogP contribution is 2.40. The number of hydrogen-bond acceptors (Lipinski definition) is 2. The van der Waals surface area contributed by atoms with E-state index in [2.05, 4.69) is 71.9 Å². The number of esters is 1. The zero-order valence-corrected chi connectivity index (χ0v) is 28.8. The van der Waals surface area contributed by atoms with E-state index in [1.54, 1.807) is 0 Å². The van der Waals surface area contributed by atoms with Crippen molar-refractivity contribution in [1.29, 1.82) is 0 Å². The lowest BCUT2D eigenvalue weighted by molar-refractivity contribution is -0.142. The van der Waals surface area contributed by atoms with E-state index in [-0.39, 0.29) is 11.4 Å². The molecular formula is C40H68O2. The number of hydrogen-bond donors (Lipinski definition) is 0. The Balaban J connectivity index is 2.03. The van der Waals surface area contributed by atoms with Crippen LogP contribution in [0.4, 0.5) is 0 Å². The third-order valence-corrected chi connectivity index (χ3v) is 8.91. The molecule has 0 radical (unpaired) electrons. The van der Waals surface area contributed by atoms with Gasteiger partial charge in [-0.05, 0) is 63.5 Å². The van der Waals surface area contributed by atoms with E-state index in [1.807, 2.05) is 6.08 Å². The minimum Gasteiger partial charge on any atom is -0.461 e. The maximum absolute atomic E-state index is 12.1. The summed E-state index contributed by atoms with van der Waals surface area (Å²) in [5.74, 6) is -0.0694. The quantitative estimate of drug-likeness (QED) is 0.0644. The number of rotatable bonds is 24. The molecule has 240 valence electrons. The Bertz CT molecular complexity index is 864. The van der Waals surface area contributed by atoms with Crippen LogP contribution < -0.4 is 0 Å². The number of allylic oxidation sites excluding steroid dienone is 9. The first kappa shape index (κ1) is 38.2. The van der Waals surface area contributed by atoms with Gasteiger partial charge in [-0.3, -0.25) is 4.79 Å². The Morgan fingerprint density at radius 2 is 1.29 bits per heavy atom. The molecule has 0 bridgehead atoms. The van der Waals surface area contributed by atoms with E-state index in [0.29, 0.717) is 13.0 Å². The molecule has 2 heteroatoms. The maximum Gasteiger partial charge on any atom is 0.306 e. The SMILES string of the molecule is CCCCCCCCCCCCCCCCCCCC(=O)OC/C=C(C)/C=C/C=C(C)/C=C/C1=C(C)CCCC1(C)C. The van der Waals surface area contributed by atoms with E-state index >= 15 is 0 Å².